The van der Waals surface area contributed by atoms with E-state index in [1.807, 2.05) is 60.7 Å². The standard InChI is InChI=1S/C18H16O3/c1-19-17-10-9-15(16-8-5-11-20-16)12-18(17)21-13-14-6-3-2-4-7-14/h2-12H,13H2,1H3. The molecule has 106 valence electrons. The molecule has 0 unspecified atom stereocenters. The van der Waals surface area contributed by atoms with Crippen molar-refractivity contribution in [3.8, 4) is 22.8 Å². The molecule has 0 aliphatic heterocycles. The minimum atomic E-state index is 0.499. The molecule has 1 aromatic heterocycles. The lowest BCUT2D eigenvalue weighted by atomic mass is 10.1. The van der Waals surface area contributed by atoms with Crippen molar-refractivity contribution in [2.75, 3.05) is 7.11 Å². The maximum atomic E-state index is 5.89. The van der Waals surface area contributed by atoms with Gasteiger partial charge in [-0.05, 0) is 35.9 Å². The molecule has 3 heteroatoms. The summed E-state index contributed by atoms with van der Waals surface area (Å²) in [5.74, 6) is 2.22. The van der Waals surface area contributed by atoms with Gasteiger partial charge >= 0.3 is 0 Å². The minimum absolute atomic E-state index is 0.499. The average molecular weight is 280 g/mol. The van der Waals surface area contributed by atoms with E-state index in [0.717, 1.165) is 16.9 Å². The van der Waals surface area contributed by atoms with E-state index in [1.54, 1.807) is 13.4 Å². The van der Waals surface area contributed by atoms with Crippen molar-refractivity contribution in [1.29, 1.82) is 0 Å². The van der Waals surface area contributed by atoms with Crippen LogP contribution in [0.25, 0.3) is 11.3 Å². The van der Waals surface area contributed by atoms with Crippen LogP contribution in [0.2, 0.25) is 0 Å². The Bertz CT molecular complexity index is 688. The maximum Gasteiger partial charge on any atom is 0.162 e. The molecule has 0 saturated heterocycles. The molecule has 0 N–H and O–H groups in total. The molecule has 0 amide bonds. The second-order valence-electron chi connectivity index (χ2n) is 4.62. The lowest BCUT2D eigenvalue weighted by Gasteiger charge is -2.12. The first-order valence-corrected chi connectivity index (χ1v) is 6.75. The largest absolute Gasteiger partial charge is 0.493 e. The fraction of sp³-hybridized carbons (Fsp3) is 0.111. The SMILES string of the molecule is COc1ccc(-c2ccco2)cc1OCc1ccccc1. The van der Waals surface area contributed by atoms with Gasteiger partial charge in [0.15, 0.2) is 11.5 Å². The fourth-order valence-electron chi connectivity index (χ4n) is 2.12. The summed E-state index contributed by atoms with van der Waals surface area (Å²) in [5.41, 5.74) is 2.08. The van der Waals surface area contributed by atoms with E-state index >= 15 is 0 Å². The monoisotopic (exact) mass is 280 g/mol. The van der Waals surface area contributed by atoms with Gasteiger partial charge in [-0.1, -0.05) is 30.3 Å². The minimum Gasteiger partial charge on any atom is -0.493 e. The van der Waals surface area contributed by atoms with Crippen LogP contribution in [0.15, 0.2) is 71.3 Å². The smallest absolute Gasteiger partial charge is 0.162 e. The van der Waals surface area contributed by atoms with Crippen molar-refractivity contribution in [3.05, 3.63) is 72.5 Å². The zero-order chi connectivity index (χ0) is 14.5. The Kier molecular flexibility index (Phi) is 3.92. The third-order valence-corrected chi connectivity index (χ3v) is 3.21. The first-order chi connectivity index (χ1) is 10.4. The van der Waals surface area contributed by atoms with Gasteiger partial charge in [0.25, 0.3) is 0 Å². The first kappa shape index (κ1) is 13.3. The predicted molar refractivity (Wildman–Crippen MR) is 81.5 cm³/mol. The van der Waals surface area contributed by atoms with Gasteiger partial charge in [-0.3, -0.25) is 0 Å². The maximum absolute atomic E-state index is 5.89. The number of benzene rings is 2. The predicted octanol–water partition coefficient (Wildman–Crippen LogP) is 4.53. The lowest BCUT2D eigenvalue weighted by Crippen LogP contribution is -1.97. The molecule has 0 saturated carbocycles. The van der Waals surface area contributed by atoms with E-state index in [-0.39, 0.29) is 0 Å². The molecule has 0 aliphatic carbocycles. The number of methoxy groups -OCH3 is 1. The molecule has 0 bridgehead atoms. The normalized spacial score (nSPS) is 10.3. The highest BCUT2D eigenvalue weighted by atomic mass is 16.5. The summed E-state index contributed by atoms with van der Waals surface area (Å²) in [5, 5.41) is 0. The van der Waals surface area contributed by atoms with Gasteiger partial charge in [-0.2, -0.15) is 0 Å². The Hall–Kier alpha value is -2.68. The van der Waals surface area contributed by atoms with Crippen molar-refractivity contribution in [2.45, 2.75) is 6.61 Å². The Morgan fingerprint density at radius 3 is 2.48 bits per heavy atom. The number of rotatable bonds is 5. The summed E-state index contributed by atoms with van der Waals surface area (Å²) in [4.78, 5) is 0. The average Bonchev–Trinajstić information content (AvgIpc) is 3.08. The molecule has 0 spiro atoms. The number of ether oxygens (including phenoxy) is 2. The van der Waals surface area contributed by atoms with Crippen LogP contribution < -0.4 is 9.47 Å². The second kappa shape index (κ2) is 6.18. The summed E-state index contributed by atoms with van der Waals surface area (Å²) in [7, 11) is 1.64. The van der Waals surface area contributed by atoms with E-state index in [1.165, 1.54) is 0 Å². The van der Waals surface area contributed by atoms with Crippen LogP contribution in [0, 0.1) is 0 Å². The molecular weight excluding hydrogens is 264 g/mol. The quantitative estimate of drug-likeness (QED) is 0.688. The van der Waals surface area contributed by atoms with Gasteiger partial charge in [0, 0.05) is 5.56 Å². The van der Waals surface area contributed by atoms with Crippen molar-refractivity contribution < 1.29 is 13.9 Å². The third-order valence-electron chi connectivity index (χ3n) is 3.21. The van der Waals surface area contributed by atoms with E-state index in [0.29, 0.717) is 18.1 Å². The number of furan rings is 1. The Balaban J connectivity index is 1.84. The topological polar surface area (TPSA) is 31.6 Å². The van der Waals surface area contributed by atoms with Crippen molar-refractivity contribution >= 4 is 0 Å². The van der Waals surface area contributed by atoms with Gasteiger partial charge in [0.05, 0.1) is 13.4 Å². The van der Waals surface area contributed by atoms with E-state index in [2.05, 4.69) is 0 Å². The second-order valence-corrected chi connectivity index (χ2v) is 4.62. The lowest BCUT2D eigenvalue weighted by molar-refractivity contribution is 0.284. The molecule has 0 fully saturated rings. The van der Waals surface area contributed by atoms with Crippen molar-refractivity contribution in [1.82, 2.24) is 0 Å². The Morgan fingerprint density at radius 2 is 1.76 bits per heavy atom. The van der Waals surface area contributed by atoms with E-state index < -0.39 is 0 Å². The highest BCUT2D eigenvalue weighted by Gasteiger charge is 2.09. The van der Waals surface area contributed by atoms with Crippen LogP contribution >= 0.6 is 0 Å². The highest BCUT2D eigenvalue weighted by Crippen LogP contribution is 2.33. The van der Waals surface area contributed by atoms with Gasteiger partial charge in [-0.25, -0.2) is 0 Å². The van der Waals surface area contributed by atoms with Gasteiger partial charge < -0.3 is 13.9 Å². The fourth-order valence-corrected chi connectivity index (χ4v) is 2.12. The molecule has 0 radical (unpaired) electrons. The van der Waals surface area contributed by atoms with Gasteiger partial charge in [0.2, 0.25) is 0 Å². The molecule has 0 atom stereocenters. The van der Waals surface area contributed by atoms with Crippen LogP contribution in [0.5, 0.6) is 11.5 Å². The summed E-state index contributed by atoms with van der Waals surface area (Å²) in [6, 6.07) is 19.6. The zero-order valence-electron chi connectivity index (χ0n) is 11.8. The molecule has 0 aliphatic rings. The van der Waals surface area contributed by atoms with Crippen LogP contribution in [0.1, 0.15) is 5.56 Å². The van der Waals surface area contributed by atoms with Crippen LogP contribution in [-0.4, -0.2) is 7.11 Å². The van der Waals surface area contributed by atoms with Crippen molar-refractivity contribution in [2.24, 2.45) is 0 Å². The van der Waals surface area contributed by atoms with E-state index in [4.69, 9.17) is 13.9 Å². The van der Waals surface area contributed by atoms with Crippen molar-refractivity contribution in [3.63, 3.8) is 0 Å². The summed E-state index contributed by atoms with van der Waals surface area (Å²) in [6.45, 7) is 0.499. The van der Waals surface area contributed by atoms with E-state index in [9.17, 15) is 0 Å². The Labute approximate surface area is 123 Å². The molecule has 21 heavy (non-hydrogen) atoms. The summed E-state index contributed by atoms with van der Waals surface area (Å²) >= 11 is 0. The van der Waals surface area contributed by atoms with Gasteiger partial charge in [0.1, 0.15) is 12.4 Å². The number of hydrogen-bond acceptors (Lipinski definition) is 3. The third kappa shape index (κ3) is 3.08. The van der Waals surface area contributed by atoms with Crippen LogP contribution in [0.4, 0.5) is 0 Å². The molecule has 2 aromatic carbocycles. The van der Waals surface area contributed by atoms with Crippen LogP contribution in [0.3, 0.4) is 0 Å². The molecule has 3 rings (SSSR count). The molecular formula is C18H16O3. The summed E-state index contributed by atoms with van der Waals surface area (Å²) < 4.78 is 16.7. The Morgan fingerprint density at radius 1 is 0.905 bits per heavy atom. The molecule has 3 nitrogen and oxygen atoms in total. The van der Waals surface area contributed by atoms with Gasteiger partial charge in [-0.15, -0.1) is 0 Å². The number of hydrogen-bond donors (Lipinski definition) is 0. The van der Waals surface area contributed by atoms with Crippen LogP contribution in [-0.2, 0) is 6.61 Å². The highest BCUT2D eigenvalue weighted by molar-refractivity contribution is 5.62. The zero-order valence-corrected chi connectivity index (χ0v) is 11.8. The molecule has 1 heterocycles. The first-order valence-electron chi connectivity index (χ1n) is 6.75. The summed E-state index contributed by atoms with van der Waals surface area (Å²) in [6.07, 6.45) is 1.66. The molecule has 3 aromatic rings.